The Morgan fingerprint density at radius 3 is 2.31 bits per heavy atom. The lowest BCUT2D eigenvalue weighted by atomic mass is 10.3. The Bertz CT molecular complexity index is 243. The molecule has 0 saturated heterocycles. The molecule has 0 unspecified atom stereocenters. The van der Waals surface area contributed by atoms with E-state index in [4.69, 9.17) is 27.6 Å². The fourth-order valence-corrected chi connectivity index (χ4v) is 1.09. The molecular weight excluding hydrogens is 249 g/mol. The zero-order chi connectivity index (χ0) is 8.97. The van der Waals surface area contributed by atoms with Crippen LogP contribution >= 0.6 is 49.1 Å². The topological polar surface area (TPSA) is 12.5 Å². The molecule has 0 fully saturated rings. The number of hydrogen-bond donors (Lipinski definition) is 0. The molecule has 0 N–H and O–H groups in total. The molecule has 6 heteroatoms. The normalized spacial score (nSPS) is 9.54. The van der Waals surface area contributed by atoms with Gasteiger partial charge in [0.05, 0.1) is 0 Å². The van der Waals surface area contributed by atoms with Gasteiger partial charge < -0.3 is 4.18 Å². The summed E-state index contributed by atoms with van der Waals surface area (Å²) < 4.78 is 6.52. The molecule has 0 radical (unpaired) electrons. The third-order valence-electron chi connectivity index (χ3n) is 1.05. The Morgan fingerprint density at radius 2 is 1.85 bits per heavy atom. The van der Waals surface area contributed by atoms with Gasteiger partial charge in [-0.05, 0) is 36.0 Å². The van der Waals surface area contributed by atoms with E-state index in [9.17, 15) is 0 Å². The molecule has 74 valence electrons. The maximum Gasteiger partial charge on any atom is 0.162 e. The second-order valence-electron chi connectivity index (χ2n) is 2.03. The van der Waals surface area contributed by atoms with Gasteiger partial charge in [0.15, 0.2) is 12.2 Å². The van der Waals surface area contributed by atoms with E-state index in [1.807, 2.05) is 0 Å². The molecule has 0 saturated carbocycles. The molecular formula is C7H9Cl2NOS2. The molecule has 1 aromatic rings. The lowest BCUT2D eigenvalue weighted by Gasteiger charge is -2.05. The third kappa shape index (κ3) is 5.54. The fourth-order valence-electron chi connectivity index (χ4n) is 0.585. The zero-order valence-electron chi connectivity index (χ0n) is 6.83. The first kappa shape index (κ1) is 13.3. The highest BCUT2D eigenvalue weighted by Gasteiger charge is 1.97. The molecule has 1 aromatic carbocycles. The summed E-state index contributed by atoms with van der Waals surface area (Å²) in [6, 6.07) is 7.06. The van der Waals surface area contributed by atoms with Gasteiger partial charge in [-0.3, -0.25) is 0 Å². The molecule has 2 nitrogen and oxygen atoms in total. The van der Waals surface area contributed by atoms with Gasteiger partial charge in [0.1, 0.15) is 5.75 Å². The summed E-state index contributed by atoms with van der Waals surface area (Å²) in [4.78, 5) is 0. The van der Waals surface area contributed by atoms with Crippen LogP contribution in [0.1, 0.15) is 0 Å². The number of halogens is 2. The van der Waals surface area contributed by atoms with Crippen molar-refractivity contribution in [1.82, 2.24) is 3.82 Å². The Kier molecular flexibility index (Phi) is 6.81. The van der Waals surface area contributed by atoms with Crippen LogP contribution in [0.5, 0.6) is 5.75 Å². The second kappa shape index (κ2) is 6.68. The van der Waals surface area contributed by atoms with Crippen LogP contribution in [0, 0.1) is 0 Å². The van der Waals surface area contributed by atoms with Crippen LogP contribution in [0.25, 0.3) is 0 Å². The van der Waals surface area contributed by atoms with Gasteiger partial charge in [-0.25, -0.2) is 0 Å². The van der Waals surface area contributed by atoms with E-state index in [2.05, 4.69) is 0 Å². The molecule has 1 rings (SSSR count). The van der Waals surface area contributed by atoms with Gasteiger partial charge >= 0.3 is 0 Å². The predicted octanol–water partition coefficient (Wildman–Crippen LogP) is 3.48. The minimum Gasteiger partial charge on any atom is -0.409 e. The molecule has 0 aliphatic carbocycles. The van der Waals surface area contributed by atoms with E-state index in [0.717, 1.165) is 18.0 Å². The number of benzene rings is 1. The monoisotopic (exact) mass is 257 g/mol. The molecule has 13 heavy (non-hydrogen) atoms. The Morgan fingerprint density at radius 1 is 1.31 bits per heavy atom. The van der Waals surface area contributed by atoms with Crippen molar-refractivity contribution in [1.29, 1.82) is 0 Å². The second-order valence-corrected chi connectivity index (χ2v) is 4.04. The smallest absolute Gasteiger partial charge is 0.162 e. The molecule has 0 spiro atoms. The largest absolute Gasteiger partial charge is 0.409 e. The van der Waals surface area contributed by atoms with E-state index < -0.39 is 0 Å². The van der Waals surface area contributed by atoms with Gasteiger partial charge in [-0.2, -0.15) is 13.5 Å². The first-order chi connectivity index (χ1) is 5.68. The lowest BCUT2D eigenvalue weighted by molar-refractivity contribution is 0.618. The van der Waals surface area contributed by atoms with Crippen molar-refractivity contribution in [2.24, 2.45) is 0 Å². The maximum absolute atomic E-state index is 5.68. The standard InChI is InChI=1S/C7H7Cl2NOS.H2S/c1-10(9)12-11-7-4-2-6(8)3-5-7;/h2-5H,1H3;1H2. The van der Waals surface area contributed by atoms with Crippen LogP contribution in [0.15, 0.2) is 24.3 Å². The van der Waals surface area contributed by atoms with Crippen molar-refractivity contribution in [2.45, 2.75) is 0 Å². The lowest BCUT2D eigenvalue weighted by Crippen LogP contribution is -1.94. The van der Waals surface area contributed by atoms with Crippen molar-refractivity contribution in [3.8, 4) is 5.75 Å². The fraction of sp³-hybridized carbons (Fsp3) is 0.143. The van der Waals surface area contributed by atoms with Gasteiger partial charge in [0, 0.05) is 12.1 Å². The van der Waals surface area contributed by atoms with Crippen LogP contribution < -0.4 is 4.18 Å². The summed E-state index contributed by atoms with van der Waals surface area (Å²) in [7, 11) is 1.68. The Balaban J connectivity index is 0.00000144. The molecule has 0 aliphatic heterocycles. The third-order valence-corrected chi connectivity index (χ3v) is 1.94. The van der Waals surface area contributed by atoms with Crippen molar-refractivity contribution < 1.29 is 4.18 Å². The van der Waals surface area contributed by atoms with E-state index in [1.54, 1.807) is 31.3 Å². The number of hydrogen-bond acceptors (Lipinski definition) is 3. The first-order valence-corrected chi connectivity index (χ1v) is 4.59. The maximum atomic E-state index is 5.68. The average molecular weight is 258 g/mol. The van der Waals surface area contributed by atoms with E-state index in [-0.39, 0.29) is 13.5 Å². The van der Waals surface area contributed by atoms with Crippen LogP contribution in [0.2, 0.25) is 5.02 Å². The summed E-state index contributed by atoms with van der Waals surface area (Å²) in [5.74, 6) is 0.719. The molecule has 0 bridgehead atoms. The molecule has 0 heterocycles. The Hall–Kier alpha value is 0.260. The zero-order valence-corrected chi connectivity index (χ0v) is 10.2. The molecule has 0 aliphatic rings. The highest BCUT2D eigenvalue weighted by molar-refractivity contribution is 7.93. The highest BCUT2D eigenvalue weighted by Crippen LogP contribution is 2.21. The van der Waals surface area contributed by atoms with Crippen molar-refractivity contribution in [2.75, 3.05) is 7.05 Å². The average Bonchev–Trinajstić information content (AvgIpc) is 2.03. The molecule has 0 amide bonds. The summed E-state index contributed by atoms with van der Waals surface area (Å²) in [5, 5.41) is 0.687. The van der Waals surface area contributed by atoms with E-state index in [0.29, 0.717) is 5.02 Å². The first-order valence-electron chi connectivity index (χ1n) is 3.18. The highest BCUT2D eigenvalue weighted by atomic mass is 35.5. The quantitative estimate of drug-likeness (QED) is 0.468. The SMILES string of the molecule is CN(Cl)SOc1ccc(Cl)cc1.S. The number of rotatable bonds is 3. The minimum absolute atomic E-state index is 0. The van der Waals surface area contributed by atoms with Gasteiger partial charge in [-0.15, -0.1) is 3.82 Å². The minimum atomic E-state index is 0. The van der Waals surface area contributed by atoms with Crippen LogP contribution in [0.4, 0.5) is 0 Å². The summed E-state index contributed by atoms with van der Waals surface area (Å²) >= 11 is 12.2. The van der Waals surface area contributed by atoms with Crippen molar-refractivity contribution >= 4 is 49.1 Å². The van der Waals surface area contributed by atoms with E-state index >= 15 is 0 Å². The number of nitrogens with zero attached hydrogens (tertiary/aromatic N) is 1. The summed E-state index contributed by atoms with van der Waals surface area (Å²) in [5.41, 5.74) is 0. The van der Waals surface area contributed by atoms with E-state index in [1.165, 1.54) is 3.82 Å². The summed E-state index contributed by atoms with van der Waals surface area (Å²) in [6.45, 7) is 0. The summed E-state index contributed by atoms with van der Waals surface area (Å²) in [6.07, 6.45) is 0. The molecule has 0 atom stereocenters. The van der Waals surface area contributed by atoms with Gasteiger partial charge in [0.2, 0.25) is 0 Å². The predicted molar refractivity (Wildman–Crippen MR) is 63.7 cm³/mol. The van der Waals surface area contributed by atoms with Crippen LogP contribution in [0.3, 0.4) is 0 Å². The van der Waals surface area contributed by atoms with Crippen LogP contribution in [-0.2, 0) is 0 Å². The Labute approximate surface area is 99.0 Å². The van der Waals surface area contributed by atoms with Gasteiger partial charge in [-0.1, -0.05) is 11.6 Å². The van der Waals surface area contributed by atoms with Crippen LogP contribution in [-0.4, -0.2) is 10.9 Å². The van der Waals surface area contributed by atoms with Crippen molar-refractivity contribution in [3.05, 3.63) is 29.3 Å². The van der Waals surface area contributed by atoms with Gasteiger partial charge in [0.25, 0.3) is 0 Å². The molecule has 0 aromatic heterocycles. The van der Waals surface area contributed by atoms with Crippen molar-refractivity contribution in [3.63, 3.8) is 0 Å².